The fourth-order valence-corrected chi connectivity index (χ4v) is 2.91. The van der Waals surface area contributed by atoms with Gasteiger partial charge in [0.05, 0.1) is 11.1 Å². The third-order valence-electron chi connectivity index (χ3n) is 4.20. The number of carbonyl (C=O) groups is 2. The number of hydrogen-bond acceptors (Lipinski definition) is 3. The Hall–Kier alpha value is -3.05. The van der Waals surface area contributed by atoms with E-state index in [0.29, 0.717) is 21.5 Å². The Kier molecular flexibility index (Phi) is 4.57. The number of hydrogen-bond donors (Lipinski definition) is 3. The van der Waals surface area contributed by atoms with Gasteiger partial charge in [0.25, 0.3) is 5.91 Å². The molecule has 0 saturated carbocycles. The van der Waals surface area contributed by atoms with E-state index in [1.54, 1.807) is 12.1 Å². The van der Waals surface area contributed by atoms with Gasteiger partial charge in [-0.2, -0.15) is 0 Å². The number of halogens is 1. The van der Waals surface area contributed by atoms with Gasteiger partial charge in [0.2, 0.25) is 0 Å². The average Bonchev–Trinajstić information content (AvgIpc) is 2.58. The van der Waals surface area contributed by atoms with Crippen molar-refractivity contribution in [3.8, 4) is 5.75 Å². The smallest absolute Gasteiger partial charge is 0.335 e. The van der Waals surface area contributed by atoms with E-state index in [1.165, 1.54) is 24.3 Å². The van der Waals surface area contributed by atoms with Crippen molar-refractivity contribution in [1.82, 2.24) is 0 Å². The zero-order valence-corrected chi connectivity index (χ0v) is 14.9. The van der Waals surface area contributed by atoms with Gasteiger partial charge >= 0.3 is 5.97 Å². The van der Waals surface area contributed by atoms with E-state index in [2.05, 4.69) is 5.32 Å². The minimum Gasteiger partial charge on any atom is -0.507 e. The summed E-state index contributed by atoms with van der Waals surface area (Å²) < 4.78 is 0. The number of amides is 1. The Morgan fingerprint density at radius 2 is 1.69 bits per heavy atom. The molecule has 3 aromatic carbocycles. The summed E-state index contributed by atoms with van der Waals surface area (Å²) in [5, 5.41) is 23.8. The molecule has 0 unspecified atom stereocenters. The molecule has 3 N–H and O–H groups in total. The highest BCUT2D eigenvalue weighted by atomic mass is 35.5. The molecule has 0 heterocycles. The van der Waals surface area contributed by atoms with Crippen molar-refractivity contribution >= 4 is 39.9 Å². The first kappa shape index (κ1) is 17.8. The summed E-state index contributed by atoms with van der Waals surface area (Å²) in [5.74, 6) is -1.75. The number of carbonyl (C=O) groups excluding carboxylic acids is 1. The predicted molar refractivity (Wildman–Crippen MR) is 101 cm³/mol. The summed E-state index contributed by atoms with van der Waals surface area (Å²) in [6, 6.07) is 10.9. The third-order valence-corrected chi connectivity index (χ3v) is 4.61. The van der Waals surface area contributed by atoms with E-state index >= 15 is 0 Å². The molecule has 3 rings (SSSR count). The minimum atomic E-state index is -1.06. The number of rotatable bonds is 3. The van der Waals surface area contributed by atoms with Gasteiger partial charge in [-0.3, -0.25) is 4.79 Å². The number of carboxylic acids is 1. The van der Waals surface area contributed by atoms with Crippen LogP contribution in [0.5, 0.6) is 5.75 Å². The highest BCUT2D eigenvalue weighted by Crippen LogP contribution is 2.29. The van der Waals surface area contributed by atoms with E-state index in [4.69, 9.17) is 16.7 Å². The molecule has 26 heavy (non-hydrogen) atoms. The van der Waals surface area contributed by atoms with Crippen molar-refractivity contribution in [2.75, 3.05) is 5.32 Å². The molecular weight excluding hydrogens is 354 g/mol. The van der Waals surface area contributed by atoms with Gasteiger partial charge in [-0.25, -0.2) is 4.79 Å². The Bertz CT molecular complexity index is 1060. The Morgan fingerprint density at radius 3 is 2.38 bits per heavy atom. The summed E-state index contributed by atoms with van der Waals surface area (Å²) in [6.07, 6.45) is 0. The zero-order valence-electron chi connectivity index (χ0n) is 14.1. The van der Waals surface area contributed by atoms with Gasteiger partial charge in [0.15, 0.2) is 0 Å². The average molecular weight is 370 g/mol. The molecule has 0 spiro atoms. The SMILES string of the molecule is Cc1cc(C)c(NC(=O)c2cc3cc(C(=O)O)ccc3cc2O)cc1Cl. The van der Waals surface area contributed by atoms with Crippen molar-refractivity contribution in [2.24, 2.45) is 0 Å². The number of nitrogens with one attached hydrogen (secondary N) is 1. The second kappa shape index (κ2) is 6.69. The number of aryl methyl sites for hydroxylation is 2. The van der Waals surface area contributed by atoms with Crippen LogP contribution in [-0.2, 0) is 0 Å². The second-order valence-corrected chi connectivity index (χ2v) is 6.51. The number of phenolic OH excluding ortho intramolecular Hbond substituents is 1. The van der Waals surface area contributed by atoms with Crippen molar-refractivity contribution in [2.45, 2.75) is 13.8 Å². The predicted octanol–water partition coefficient (Wildman–Crippen LogP) is 4.77. The number of anilines is 1. The second-order valence-electron chi connectivity index (χ2n) is 6.11. The lowest BCUT2D eigenvalue weighted by Gasteiger charge is -2.12. The number of aromatic hydroxyl groups is 1. The van der Waals surface area contributed by atoms with Gasteiger partial charge < -0.3 is 15.5 Å². The van der Waals surface area contributed by atoms with Crippen LogP contribution in [0.3, 0.4) is 0 Å². The van der Waals surface area contributed by atoms with Crippen LogP contribution in [-0.4, -0.2) is 22.1 Å². The van der Waals surface area contributed by atoms with Gasteiger partial charge in [-0.15, -0.1) is 0 Å². The molecule has 6 heteroatoms. The van der Waals surface area contributed by atoms with Gasteiger partial charge in [0.1, 0.15) is 5.75 Å². The van der Waals surface area contributed by atoms with Crippen molar-refractivity contribution in [3.05, 3.63) is 69.7 Å². The lowest BCUT2D eigenvalue weighted by molar-refractivity contribution is 0.0697. The number of benzene rings is 3. The molecular formula is C20H16ClNO4. The van der Waals surface area contributed by atoms with Crippen molar-refractivity contribution < 1.29 is 19.8 Å². The Morgan fingerprint density at radius 1 is 0.962 bits per heavy atom. The topological polar surface area (TPSA) is 86.6 Å². The lowest BCUT2D eigenvalue weighted by Crippen LogP contribution is -2.13. The Balaban J connectivity index is 2.01. The molecule has 0 aromatic heterocycles. The van der Waals surface area contributed by atoms with Gasteiger partial charge in [-0.05, 0) is 66.1 Å². The van der Waals surface area contributed by atoms with Crippen molar-refractivity contribution in [1.29, 1.82) is 0 Å². The fourth-order valence-electron chi connectivity index (χ4n) is 2.75. The number of aromatic carboxylic acids is 1. The first-order valence-corrected chi connectivity index (χ1v) is 8.22. The monoisotopic (exact) mass is 369 g/mol. The third kappa shape index (κ3) is 3.34. The molecule has 0 aliphatic rings. The maximum atomic E-state index is 12.6. The van der Waals surface area contributed by atoms with E-state index in [-0.39, 0.29) is 16.9 Å². The molecule has 0 aliphatic carbocycles. The fraction of sp³-hybridized carbons (Fsp3) is 0.100. The standard InChI is InChI=1S/C20H16ClNO4/c1-10-5-11(2)17(9-16(10)21)22-19(24)15-7-14-6-13(20(25)26)4-3-12(14)8-18(15)23/h3-9,23H,1-2H3,(H,22,24)(H,25,26). The lowest BCUT2D eigenvalue weighted by atomic mass is 10.0. The maximum Gasteiger partial charge on any atom is 0.335 e. The number of fused-ring (bicyclic) bond motifs is 1. The van der Waals surface area contributed by atoms with Crippen LogP contribution in [0, 0.1) is 13.8 Å². The van der Waals surface area contributed by atoms with Crippen LogP contribution in [0.2, 0.25) is 5.02 Å². The summed E-state index contributed by atoms with van der Waals surface area (Å²) in [4.78, 5) is 23.7. The van der Waals surface area contributed by atoms with Crippen LogP contribution < -0.4 is 5.32 Å². The molecule has 3 aromatic rings. The number of carboxylic acid groups (broad SMARTS) is 1. The number of phenols is 1. The molecule has 0 aliphatic heterocycles. The Labute approximate surface area is 154 Å². The first-order valence-electron chi connectivity index (χ1n) is 7.84. The molecule has 0 bridgehead atoms. The van der Waals surface area contributed by atoms with Crippen LogP contribution in [0.25, 0.3) is 10.8 Å². The summed E-state index contributed by atoms with van der Waals surface area (Å²) in [7, 11) is 0. The van der Waals surface area contributed by atoms with Crippen LogP contribution in [0.4, 0.5) is 5.69 Å². The molecule has 5 nitrogen and oxygen atoms in total. The van der Waals surface area contributed by atoms with E-state index < -0.39 is 11.9 Å². The van der Waals surface area contributed by atoms with Crippen molar-refractivity contribution in [3.63, 3.8) is 0 Å². The zero-order chi connectivity index (χ0) is 19.0. The van der Waals surface area contributed by atoms with Gasteiger partial charge in [-0.1, -0.05) is 23.7 Å². The maximum absolute atomic E-state index is 12.6. The normalized spacial score (nSPS) is 10.7. The first-order chi connectivity index (χ1) is 12.3. The quantitative estimate of drug-likeness (QED) is 0.620. The largest absolute Gasteiger partial charge is 0.507 e. The van der Waals surface area contributed by atoms with Crippen LogP contribution >= 0.6 is 11.6 Å². The summed E-state index contributed by atoms with van der Waals surface area (Å²) in [6.45, 7) is 3.72. The van der Waals surface area contributed by atoms with E-state index in [0.717, 1.165) is 11.1 Å². The molecule has 1 amide bonds. The van der Waals surface area contributed by atoms with Crippen LogP contribution in [0.15, 0.2) is 42.5 Å². The summed E-state index contributed by atoms with van der Waals surface area (Å²) in [5.41, 5.74) is 2.45. The highest BCUT2D eigenvalue weighted by molar-refractivity contribution is 6.31. The van der Waals surface area contributed by atoms with Gasteiger partial charge in [0, 0.05) is 10.7 Å². The molecule has 0 radical (unpaired) electrons. The molecule has 132 valence electrons. The molecule has 0 saturated heterocycles. The van der Waals surface area contributed by atoms with E-state index in [1.807, 2.05) is 19.9 Å². The highest BCUT2D eigenvalue weighted by Gasteiger charge is 2.15. The minimum absolute atomic E-state index is 0.0520. The van der Waals surface area contributed by atoms with Crippen LogP contribution in [0.1, 0.15) is 31.8 Å². The van der Waals surface area contributed by atoms with E-state index in [9.17, 15) is 14.7 Å². The summed E-state index contributed by atoms with van der Waals surface area (Å²) >= 11 is 6.12. The molecule has 0 atom stereocenters. The molecule has 0 fully saturated rings.